The van der Waals surface area contributed by atoms with E-state index in [1.807, 2.05) is 12.1 Å². The number of methoxy groups -OCH3 is 1. The van der Waals surface area contributed by atoms with Gasteiger partial charge < -0.3 is 10.1 Å². The Morgan fingerprint density at radius 3 is 2.53 bits per heavy atom. The lowest BCUT2D eigenvalue weighted by Gasteiger charge is -2.46. The second kappa shape index (κ2) is 9.13. The highest BCUT2D eigenvalue weighted by Crippen LogP contribution is 2.40. The van der Waals surface area contributed by atoms with Crippen LogP contribution in [0.5, 0.6) is 5.75 Å². The first-order valence-electron chi connectivity index (χ1n) is 10.1. The van der Waals surface area contributed by atoms with E-state index in [1.165, 1.54) is 0 Å². The Labute approximate surface area is 188 Å². The molecule has 1 aliphatic rings. The van der Waals surface area contributed by atoms with E-state index in [1.54, 1.807) is 31.5 Å². The summed E-state index contributed by atoms with van der Waals surface area (Å²) in [5.41, 5.74) is 1.09. The number of benzene rings is 1. The summed E-state index contributed by atoms with van der Waals surface area (Å²) in [5.74, 6) is 0.532. The number of aromatic nitrogens is 1. The van der Waals surface area contributed by atoms with Crippen molar-refractivity contribution in [1.29, 1.82) is 0 Å². The largest absolute Gasteiger partial charge is 0.495 e. The number of amides is 1. The maximum Gasteiger partial charge on any atom is 0.252 e. The number of carbonyl (C=O) groups excluding carboxylic acids is 1. The summed E-state index contributed by atoms with van der Waals surface area (Å²) in [6.45, 7) is 8.97. The lowest BCUT2D eigenvalue weighted by Crippen LogP contribution is -2.54. The lowest BCUT2D eigenvalue weighted by atomic mass is 9.74. The Hall–Kier alpha value is -1.82. The zero-order valence-corrected chi connectivity index (χ0v) is 19.5. The molecule has 1 aromatic carbocycles. The van der Waals surface area contributed by atoms with Gasteiger partial charge in [0, 0.05) is 28.7 Å². The third-order valence-electron chi connectivity index (χ3n) is 5.93. The fourth-order valence-electron chi connectivity index (χ4n) is 4.07. The van der Waals surface area contributed by atoms with E-state index in [9.17, 15) is 4.79 Å². The molecule has 7 heteroatoms. The Bertz CT molecular complexity index is 904. The summed E-state index contributed by atoms with van der Waals surface area (Å²) < 4.78 is 5.62. The average molecular weight is 450 g/mol. The molecule has 30 heavy (non-hydrogen) atoms. The minimum Gasteiger partial charge on any atom is -0.495 e. The molecule has 0 unspecified atom stereocenters. The highest BCUT2D eigenvalue weighted by molar-refractivity contribution is 6.36. The van der Waals surface area contributed by atoms with E-state index >= 15 is 0 Å². The lowest BCUT2D eigenvalue weighted by molar-refractivity contribution is 0.0684. The van der Waals surface area contributed by atoms with Crippen LogP contribution in [0, 0.1) is 0 Å². The molecule has 5 nitrogen and oxygen atoms in total. The van der Waals surface area contributed by atoms with Gasteiger partial charge in [-0.25, -0.2) is 0 Å². The molecule has 1 fully saturated rings. The van der Waals surface area contributed by atoms with E-state index in [-0.39, 0.29) is 16.9 Å². The summed E-state index contributed by atoms with van der Waals surface area (Å²) >= 11 is 12.2. The van der Waals surface area contributed by atoms with Crippen LogP contribution in [0.2, 0.25) is 10.0 Å². The maximum atomic E-state index is 12.9. The second-order valence-electron chi connectivity index (χ2n) is 8.80. The van der Waals surface area contributed by atoms with Gasteiger partial charge in [-0.05, 0) is 77.0 Å². The first-order chi connectivity index (χ1) is 14.2. The maximum absolute atomic E-state index is 12.9. The van der Waals surface area contributed by atoms with E-state index in [4.69, 9.17) is 27.9 Å². The van der Waals surface area contributed by atoms with Crippen LogP contribution in [-0.2, 0) is 5.41 Å². The quantitative estimate of drug-likeness (QED) is 0.700. The summed E-state index contributed by atoms with van der Waals surface area (Å²) in [7, 11) is 1.66. The van der Waals surface area contributed by atoms with Crippen molar-refractivity contribution in [2.45, 2.75) is 44.6 Å². The minimum absolute atomic E-state index is 0.0977. The molecule has 162 valence electrons. The van der Waals surface area contributed by atoms with Gasteiger partial charge >= 0.3 is 0 Å². The highest BCUT2D eigenvalue weighted by atomic mass is 35.5. The van der Waals surface area contributed by atoms with Gasteiger partial charge in [-0.15, -0.1) is 0 Å². The Morgan fingerprint density at radius 1 is 1.23 bits per heavy atom. The van der Waals surface area contributed by atoms with Gasteiger partial charge in [0.05, 0.1) is 23.4 Å². The van der Waals surface area contributed by atoms with Crippen LogP contribution in [0.1, 0.15) is 49.7 Å². The second-order valence-corrected chi connectivity index (χ2v) is 9.64. The zero-order valence-electron chi connectivity index (χ0n) is 18.0. The number of halogens is 2. The molecule has 1 aliphatic heterocycles. The summed E-state index contributed by atoms with van der Waals surface area (Å²) in [6, 6.07) is 8.69. The molecule has 3 rings (SSSR count). The molecular formula is C23H29Cl2N3O2. The Morgan fingerprint density at radius 2 is 1.93 bits per heavy atom. The number of ether oxygens (including phenoxy) is 1. The summed E-state index contributed by atoms with van der Waals surface area (Å²) in [6.07, 6.45) is 3.52. The van der Waals surface area contributed by atoms with Gasteiger partial charge in [-0.1, -0.05) is 23.2 Å². The molecule has 2 heterocycles. The van der Waals surface area contributed by atoms with Crippen LogP contribution in [-0.4, -0.2) is 48.1 Å². The molecule has 0 bridgehead atoms. The SMILES string of the molecule is COc1cccnc1C1(CNC(=O)c2ccc(Cl)cc2Cl)CCN(C(C)(C)C)CC1. The monoisotopic (exact) mass is 449 g/mol. The highest BCUT2D eigenvalue weighted by Gasteiger charge is 2.41. The van der Waals surface area contributed by atoms with Gasteiger partial charge in [-0.3, -0.25) is 14.7 Å². The van der Waals surface area contributed by atoms with E-state index < -0.39 is 0 Å². The number of nitrogens with one attached hydrogen (secondary N) is 1. The average Bonchev–Trinajstić information content (AvgIpc) is 2.71. The topological polar surface area (TPSA) is 54.5 Å². The fraction of sp³-hybridized carbons (Fsp3) is 0.478. The van der Waals surface area contributed by atoms with Crippen molar-refractivity contribution in [3.63, 3.8) is 0 Å². The number of nitrogens with zero attached hydrogens (tertiary/aromatic N) is 2. The van der Waals surface area contributed by atoms with Gasteiger partial charge in [0.15, 0.2) is 0 Å². The van der Waals surface area contributed by atoms with Crippen LogP contribution in [0.25, 0.3) is 0 Å². The van der Waals surface area contributed by atoms with Gasteiger partial charge in [0.25, 0.3) is 5.91 Å². The number of hydrogen-bond donors (Lipinski definition) is 1. The van der Waals surface area contributed by atoms with Gasteiger partial charge in [0.1, 0.15) is 5.75 Å². The van der Waals surface area contributed by atoms with E-state index in [0.717, 1.165) is 37.4 Å². The zero-order chi connectivity index (χ0) is 21.9. The van der Waals surface area contributed by atoms with E-state index in [0.29, 0.717) is 22.2 Å². The van der Waals surface area contributed by atoms with Crippen molar-refractivity contribution < 1.29 is 9.53 Å². The normalized spacial score (nSPS) is 16.9. The third kappa shape index (κ3) is 4.90. The van der Waals surface area contributed by atoms with Crippen LogP contribution >= 0.6 is 23.2 Å². The molecule has 0 aliphatic carbocycles. The predicted molar refractivity (Wildman–Crippen MR) is 122 cm³/mol. The van der Waals surface area contributed by atoms with Crippen LogP contribution in [0.15, 0.2) is 36.5 Å². The predicted octanol–water partition coefficient (Wildman–Crippen LogP) is 4.96. The smallest absolute Gasteiger partial charge is 0.252 e. The number of piperidine rings is 1. The Kier molecular flexibility index (Phi) is 6.95. The molecule has 0 radical (unpaired) electrons. The number of hydrogen-bond acceptors (Lipinski definition) is 4. The molecule has 1 saturated heterocycles. The van der Waals surface area contributed by atoms with Gasteiger partial charge in [0.2, 0.25) is 0 Å². The third-order valence-corrected chi connectivity index (χ3v) is 6.47. The van der Waals surface area contributed by atoms with Gasteiger partial charge in [-0.2, -0.15) is 0 Å². The van der Waals surface area contributed by atoms with Crippen molar-refractivity contribution >= 4 is 29.1 Å². The molecular weight excluding hydrogens is 421 g/mol. The molecule has 2 aromatic rings. The van der Waals surface area contributed by atoms with Crippen molar-refractivity contribution in [3.05, 3.63) is 57.8 Å². The van der Waals surface area contributed by atoms with Crippen molar-refractivity contribution in [1.82, 2.24) is 15.2 Å². The van der Waals surface area contributed by atoms with Crippen LogP contribution < -0.4 is 10.1 Å². The fourth-order valence-corrected chi connectivity index (χ4v) is 4.57. The molecule has 0 atom stereocenters. The first kappa shape index (κ1) is 22.9. The van der Waals surface area contributed by atoms with Crippen molar-refractivity contribution in [2.24, 2.45) is 0 Å². The molecule has 0 spiro atoms. The Balaban J connectivity index is 1.86. The van der Waals surface area contributed by atoms with Crippen LogP contribution in [0.4, 0.5) is 0 Å². The number of rotatable bonds is 5. The number of likely N-dealkylation sites (tertiary alicyclic amines) is 1. The van der Waals surface area contributed by atoms with Crippen LogP contribution in [0.3, 0.4) is 0 Å². The first-order valence-corrected chi connectivity index (χ1v) is 10.9. The summed E-state index contributed by atoms with van der Waals surface area (Å²) in [4.78, 5) is 20.0. The van der Waals surface area contributed by atoms with Crippen molar-refractivity contribution in [2.75, 3.05) is 26.7 Å². The molecule has 0 saturated carbocycles. The summed E-state index contributed by atoms with van der Waals surface area (Å²) in [5, 5.41) is 3.93. The molecule has 1 amide bonds. The van der Waals surface area contributed by atoms with Crippen molar-refractivity contribution in [3.8, 4) is 5.75 Å². The minimum atomic E-state index is -0.317. The molecule has 1 N–H and O–H groups in total. The number of carbonyl (C=O) groups is 1. The standard InChI is InChI=1S/C23H29Cl2N3O2/c1-22(2,3)28-12-9-23(10-13-28,20-19(30-4)6-5-11-26-20)15-27-21(29)17-8-7-16(24)14-18(17)25/h5-8,11,14H,9-10,12-13,15H2,1-4H3,(H,27,29). The molecule has 1 aromatic heterocycles. The van der Waals surface area contributed by atoms with E-state index in [2.05, 4.69) is 36.0 Å². The number of pyridine rings is 1.